The zero-order valence-corrected chi connectivity index (χ0v) is 16.2. The molecule has 1 aromatic heterocycles. The first-order valence-electron chi connectivity index (χ1n) is 8.92. The molecule has 0 aliphatic heterocycles. The van der Waals surface area contributed by atoms with Gasteiger partial charge in [-0.15, -0.1) is 0 Å². The molecule has 2 N–H and O–H groups in total. The number of anilines is 4. The molecule has 0 fully saturated rings. The van der Waals surface area contributed by atoms with Gasteiger partial charge in [0, 0.05) is 17.6 Å². The van der Waals surface area contributed by atoms with E-state index in [1.807, 2.05) is 26.8 Å². The lowest BCUT2D eigenvalue weighted by molar-refractivity contribution is -0.137. The van der Waals surface area contributed by atoms with Crippen molar-refractivity contribution >= 4 is 23.1 Å². The van der Waals surface area contributed by atoms with Crippen molar-refractivity contribution in [1.29, 1.82) is 0 Å². The van der Waals surface area contributed by atoms with E-state index in [4.69, 9.17) is 4.74 Å². The molecule has 8 heteroatoms. The van der Waals surface area contributed by atoms with Gasteiger partial charge in [0.15, 0.2) is 0 Å². The fourth-order valence-electron chi connectivity index (χ4n) is 2.49. The highest BCUT2D eigenvalue weighted by Gasteiger charge is 2.35. The largest absolute Gasteiger partial charge is 0.488 e. The van der Waals surface area contributed by atoms with Gasteiger partial charge in [-0.3, -0.25) is 0 Å². The van der Waals surface area contributed by atoms with Crippen LogP contribution in [0.2, 0.25) is 0 Å². The van der Waals surface area contributed by atoms with E-state index in [9.17, 15) is 13.2 Å². The van der Waals surface area contributed by atoms with Crippen molar-refractivity contribution in [3.8, 4) is 5.75 Å². The molecule has 0 radical (unpaired) electrons. The van der Waals surface area contributed by atoms with E-state index < -0.39 is 11.7 Å². The number of benzene rings is 2. The normalized spacial score (nSPS) is 11.8. The van der Waals surface area contributed by atoms with Crippen LogP contribution in [0.25, 0.3) is 0 Å². The molecular formula is C21H21F3N4O. The van der Waals surface area contributed by atoms with Gasteiger partial charge in [0.2, 0.25) is 5.95 Å². The summed E-state index contributed by atoms with van der Waals surface area (Å²) < 4.78 is 45.9. The molecule has 0 bridgehead atoms. The summed E-state index contributed by atoms with van der Waals surface area (Å²) in [6, 6.07) is 15.6. The van der Waals surface area contributed by atoms with Crippen LogP contribution in [0.1, 0.15) is 26.3 Å². The molecule has 0 spiro atoms. The Kier molecular flexibility index (Phi) is 5.63. The zero-order chi connectivity index (χ0) is 21.1. The smallest absolute Gasteiger partial charge is 0.421 e. The Labute approximate surface area is 167 Å². The monoisotopic (exact) mass is 402 g/mol. The van der Waals surface area contributed by atoms with E-state index >= 15 is 0 Å². The van der Waals surface area contributed by atoms with Crippen molar-refractivity contribution < 1.29 is 17.9 Å². The Balaban J connectivity index is 1.86. The van der Waals surface area contributed by atoms with Gasteiger partial charge >= 0.3 is 6.18 Å². The fraction of sp³-hybridized carbons (Fsp3) is 0.238. The van der Waals surface area contributed by atoms with E-state index in [1.165, 1.54) is 0 Å². The molecule has 0 aliphatic rings. The van der Waals surface area contributed by atoms with Crippen molar-refractivity contribution in [1.82, 2.24) is 9.97 Å². The topological polar surface area (TPSA) is 59.1 Å². The highest BCUT2D eigenvalue weighted by atomic mass is 19.4. The van der Waals surface area contributed by atoms with Gasteiger partial charge in [-0.1, -0.05) is 18.2 Å². The van der Waals surface area contributed by atoms with Crippen LogP contribution in [0.5, 0.6) is 5.75 Å². The minimum absolute atomic E-state index is 0.0550. The van der Waals surface area contributed by atoms with Gasteiger partial charge in [-0.2, -0.15) is 18.2 Å². The van der Waals surface area contributed by atoms with E-state index in [2.05, 4.69) is 20.6 Å². The number of aromatic nitrogens is 2. The minimum atomic E-state index is -4.59. The number of para-hydroxylation sites is 1. The Hall–Kier alpha value is -3.29. The molecule has 0 amide bonds. The van der Waals surface area contributed by atoms with Gasteiger partial charge in [0.1, 0.15) is 22.7 Å². The molecular weight excluding hydrogens is 381 g/mol. The molecule has 0 atom stereocenters. The maximum Gasteiger partial charge on any atom is 0.421 e. The number of alkyl halides is 3. The van der Waals surface area contributed by atoms with E-state index in [1.54, 1.807) is 48.5 Å². The van der Waals surface area contributed by atoms with Gasteiger partial charge in [-0.05, 0) is 57.2 Å². The second-order valence-corrected chi connectivity index (χ2v) is 7.31. The number of halogens is 3. The summed E-state index contributed by atoms with van der Waals surface area (Å²) in [6.45, 7) is 5.74. The Morgan fingerprint density at radius 1 is 0.828 bits per heavy atom. The van der Waals surface area contributed by atoms with Crippen LogP contribution >= 0.6 is 0 Å². The first-order valence-corrected chi connectivity index (χ1v) is 8.92. The van der Waals surface area contributed by atoms with Gasteiger partial charge < -0.3 is 15.4 Å². The molecule has 29 heavy (non-hydrogen) atoms. The van der Waals surface area contributed by atoms with Crippen molar-refractivity contribution in [3.05, 3.63) is 66.4 Å². The highest BCUT2D eigenvalue weighted by Crippen LogP contribution is 2.35. The molecule has 152 valence electrons. The molecule has 0 aliphatic carbocycles. The predicted molar refractivity (Wildman–Crippen MR) is 107 cm³/mol. The summed E-state index contributed by atoms with van der Waals surface area (Å²) in [6.07, 6.45) is -3.83. The maximum absolute atomic E-state index is 13.4. The summed E-state index contributed by atoms with van der Waals surface area (Å²) in [5, 5.41) is 5.62. The lowest BCUT2D eigenvalue weighted by Crippen LogP contribution is -2.22. The summed E-state index contributed by atoms with van der Waals surface area (Å²) >= 11 is 0. The lowest BCUT2D eigenvalue weighted by atomic mass is 10.2. The number of rotatable bonds is 5. The van der Waals surface area contributed by atoms with Crippen molar-refractivity contribution in [2.75, 3.05) is 10.6 Å². The van der Waals surface area contributed by atoms with E-state index in [-0.39, 0.29) is 17.4 Å². The number of hydrogen-bond acceptors (Lipinski definition) is 5. The molecule has 1 heterocycles. The Morgan fingerprint density at radius 2 is 1.45 bits per heavy atom. The SMILES string of the molecule is CC(C)(C)Oc1ccc(Nc2nc(Nc3ccccc3)ncc2C(F)(F)F)cc1. The third-order valence-electron chi connectivity index (χ3n) is 3.67. The minimum Gasteiger partial charge on any atom is -0.488 e. The Bertz CT molecular complexity index is 952. The first-order chi connectivity index (χ1) is 13.6. The number of ether oxygens (including phenoxy) is 1. The van der Waals surface area contributed by atoms with E-state index in [0.29, 0.717) is 17.1 Å². The van der Waals surface area contributed by atoms with Crippen molar-refractivity contribution in [2.24, 2.45) is 0 Å². The van der Waals surface area contributed by atoms with Crippen molar-refractivity contribution in [2.45, 2.75) is 32.5 Å². The maximum atomic E-state index is 13.4. The van der Waals surface area contributed by atoms with Crippen LogP contribution in [-0.2, 0) is 6.18 Å². The third kappa shape index (κ3) is 5.84. The zero-order valence-electron chi connectivity index (χ0n) is 16.2. The second kappa shape index (κ2) is 7.98. The molecule has 0 saturated carbocycles. The second-order valence-electron chi connectivity index (χ2n) is 7.31. The van der Waals surface area contributed by atoms with E-state index in [0.717, 1.165) is 6.20 Å². The lowest BCUT2D eigenvalue weighted by Gasteiger charge is -2.21. The van der Waals surface area contributed by atoms with Crippen LogP contribution in [0.3, 0.4) is 0 Å². The molecule has 0 unspecified atom stereocenters. The van der Waals surface area contributed by atoms with Crippen LogP contribution in [0.4, 0.5) is 36.3 Å². The average molecular weight is 402 g/mol. The molecule has 3 rings (SSSR count). The standard InChI is InChI=1S/C21H21F3N4O/c1-20(2,3)29-16-11-9-15(10-12-16)26-18-17(21(22,23)24)13-25-19(28-18)27-14-7-5-4-6-8-14/h4-13H,1-3H3,(H2,25,26,27,28). The van der Waals surface area contributed by atoms with Crippen molar-refractivity contribution in [3.63, 3.8) is 0 Å². The third-order valence-corrected chi connectivity index (χ3v) is 3.67. The summed E-state index contributed by atoms with van der Waals surface area (Å²) in [4.78, 5) is 7.82. The van der Waals surface area contributed by atoms with Crippen LogP contribution in [0.15, 0.2) is 60.8 Å². The van der Waals surface area contributed by atoms with Crippen LogP contribution in [-0.4, -0.2) is 15.6 Å². The Morgan fingerprint density at radius 3 is 2.03 bits per heavy atom. The van der Waals surface area contributed by atoms with Crippen LogP contribution in [0, 0.1) is 0 Å². The van der Waals surface area contributed by atoms with Crippen LogP contribution < -0.4 is 15.4 Å². The number of nitrogens with one attached hydrogen (secondary N) is 2. The summed E-state index contributed by atoms with van der Waals surface area (Å²) in [5.41, 5.74) is -0.211. The molecule has 2 aromatic carbocycles. The molecule has 3 aromatic rings. The summed E-state index contributed by atoms with van der Waals surface area (Å²) in [7, 11) is 0. The quantitative estimate of drug-likeness (QED) is 0.535. The predicted octanol–water partition coefficient (Wildman–Crippen LogP) is 6.16. The van der Waals surface area contributed by atoms with Gasteiger partial charge in [-0.25, -0.2) is 4.98 Å². The number of nitrogens with zero attached hydrogens (tertiary/aromatic N) is 2. The summed E-state index contributed by atoms with van der Waals surface area (Å²) in [5.74, 6) is 0.336. The molecule has 5 nitrogen and oxygen atoms in total. The number of hydrogen-bond donors (Lipinski definition) is 2. The average Bonchev–Trinajstić information content (AvgIpc) is 2.62. The fourth-order valence-corrected chi connectivity index (χ4v) is 2.49. The highest BCUT2D eigenvalue weighted by molar-refractivity contribution is 5.63. The van der Waals surface area contributed by atoms with Gasteiger partial charge in [0.05, 0.1) is 0 Å². The van der Waals surface area contributed by atoms with Gasteiger partial charge in [0.25, 0.3) is 0 Å². The molecule has 0 saturated heterocycles. The first kappa shape index (κ1) is 20.4.